The monoisotopic (exact) mass is 304 g/mol. The minimum absolute atomic E-state index is 0.604. The highest BCUT2D eigenvalue weighted by Crippen LogP contribution is 2.60. The van der Waals surface area contributed by atoms with Gasteiger partial charge in [-0.3, -0.25) is 0 Å². The van der Waals surface area contributed by atoms with Gasteiger partial charge in [0, 0.05) is 0 Å². The number of benzene rings is 2. The van der Waals surface area contributed by atoms with E-state index in [0.29, 0.717) is 5.92 Å². The summed E-state index contributed by atoms with van der Waals surface area (Å²) in [4.78, 5) is 0. The van der Waals surface area contributed by atoms with Crippen molar-refractivity contribution in [1.82, 2.24) is 0 Å². The van der Waals surface area contributed by atoms with Gasteiger partial charge in [-0.2, -0.15) is 0 Å². The lowest BCUT2D eigenvalue weighted by atomic mass is 9.50. The first-order valence-corrected chi connectivity index (χ1v) is 9.72. The Kier molecular flexibility index (Phi) is 3.12. The predicted octanol–water partition coefficient (Wildman–Crippen LogP) is 6.50. The molecule has 4 saturated carbocycles. The Morgan fingerprint density at radius 1 is 0.739 bits per heavy atom. The summed E-state index contributed by atoms with van der Waals surface area (Å²) in [6.45, 7) is 4.65. The maximum absolute atomic E-state index is 2.50. The Labute approximate surface area is 140 Å². The minimum atomic E-state index is 0.604. The molecule has 0 N–H and O–H groups in total. The van der Waals surface area contributed by atoms with Crippen molar-refractivity contribution in [2.45, 2.75) is 57.8 Å². The highest BCUT2D eigenvalue weighted by atomic mass is 14.5. The molecule has 0 unspecified atom stereocenters. The molecule has 6 rings (SSSR count). The molecule has 4 bridgehead atoms. The van der Waals surface area contributed by atoms with Gasteiger partial charge in [-0.05, 0) is 89.5 Å². The number of hydrogen-bond donors (Lipinski definition) is 0. The summed E-state index contributed by atoms with van der Waals surface area (Å²) in [5, 5.41) is 3.06. The third kappa shape index (κ3) is 2.10. The van der Waals surface area contributed by atoms with Crippen molar-refractivity contribution in [3.05, 3.63) is 47.5 Å². The quantitative estimate of drug-likeness (QED) is 0.594. The van der Waals surface area contributed by atoms with Crippen LogP contribution in [0.25, 0.3) is 10.8 Å². The highest BCUT2D eigenvalue weighted by molar-refractivity contribution is 5.89. The lowest BCUT2D eigenvalue weighted by Crippen LogP contribution is -2.43. The molecule has 120 valence electrons. The number of hydrogen-bond acceptors (Lipinski definition) is 0. The predicted molar refractivity (Wildman–Crippen MR) is 97.8 cm³/mol. The van der Waals surface area contributed by atoms with Crippen LogP contribution >= 0.6 is 0 Å². The molecule has 4 aliphatic rings. The van der Waals surface area contributed by atoms with E-state index in [4.69, 9.17) is 0 Å². The molecule has 23 heavy (non-hydrogen) atoms. The molecule has 0 nitrogen and oxygen atoms in total. The summed E-state index contributed by atoms with van der Waals surface area (Å²) in [6, 6.07) is 14.1. The molecule has 0 spiro atoms. The van der Waals surface area contributed by atoms with Crippen molar-refractivity contribution in [1.29, 1.82) is 0 Å². The van der Waals surface area contributed by atoms with Crippen molar-refractivity contribution in [3.63, 3.8) is 0 Å². The Bertz CT molecular complexity index is 711. The second kappa shape index (κ2) is 5.10. The van der Waals surface area contributed by atoms with E-state index in [0.717, 1.165) is 29.6 Å². The molecular weight excluding hydrogens is 276 g/mol. The first kappa shape index (κ1) is 14.1. The molecule has 0 radical (unpaired) electrons. The summed E-state index contributed by atoms with van der Waals surface area (Å²) in [5.41, 5.74) is 3.20. The van der Waals surface area contributed by atoms with Gasteiger partial charge in [0.05, 0.1) is 0 Å². The van der Waals surface area contributed by atoms with Crippen LogP contribution in [0, 0.1) is 23.7 Å². The van der Waals surface area contributed by atoms with Crippen LogP contribution in [-0.2, 0) is 0 Å². The van der Waals surface area contributed by atoms with Crippen molar-refractivity contribution in [2.24, 2.45) is 23.7 Å². The molecule has 0 atom stereocenters. The molecule has 0 saturated heterocycles. The largest absolute Gasteiger partial charge is 0.0616 e. The van der Waals surface area contributed by atoms with Gasteiger partial charge in [-0.25, -0.2) is 0 Å². The average molecular weight is 304 g/mol. The van der Waals surface area contributed by atoms with Crippen LogP contribution in [0.1, 0.15) is 68.9 Å². The van der Waals surface area contributed by atoms with Crippen LogP contribution in [0.3, 0.4) is 0 Å². The van der Waals surface area contributed by atoms with Crippen molar-refractivity contribution in [3.8, 4) is 0 Å². The lowest BCUT2D eigenvalue weighted by molar-refractivity contribution is -0.00231. The van der Waals surface area contributed by atoms with Gasteiger partial charge < -0.3 is 0 Å². The summed E-state index contributed by atoms with van der Waals surface area (Å²) in [6.07, 6.45) is 7.60. The van der Waals surface area contributed by atoms with Gasteiger partial charge in [0.1, 0.15) is 0 Å². The van der Waals surface area contributed by atoms with Crippen molar-refractivity contribution < 1.29 is 0 Å². The molecule has 0 heteroatoms. The molecule has 0 heterocycles. The SMILES string of the molecule is CC(C)c1ccc(C2C3CC4CC(C3)CC2C4)c2ccccc12. The molecule has 0 aliphatic heterocycles. The number of rotatable bonds is 2. The zero-order chi connectivity index (χ0) is 15.6. The summed E-state index contributed by atoms with van der Waals surface area (Å²) >= 11 is 0. The summed E-state index contributed by atoms with van der Waals surface area (Å²) in [7, 11) is 0. The molecule has 4 fully saturated rings. The minimum Gasteiger partial charge on any atom is -0.0616 e. The van der Waals surface area contributed by atoms with E-state index in [9.17, 15) is 0 Å². The average Bonchev–Trinajstić information content (AvgIpc) is 2.53. The third-order valence-corrected chi connectivity index (χ3v) is 7.20. The van der Waals surface area contributed by atoms with Gasteiger partial charge in [0.2, 0.25) is 0 Å². The molecule has 2 aromatic rings. The normalized spacial score (nSPS) is 35.3. The molecule has 4 aliphatic carbocycles. The standard InChI is InChI=1S/C23H28/c1-14(2)19-7-8-22(21-6-4-3-5-20(19)21)23-17-10-15-9-16(12-17)13-18(23)11-15/h3-8,14-18,23H,9-13H2,1-2H3. The fourth-order valence-corrected chi connectivity index (χ4v) is 6.57. The zero-order valence-corrected chi connectivity index (χ0v) is 14.5. The maximum atomic E-state index is 2.50. The van der Waals surface area contributed by atoms with Gasteiger partial charge in [-0.1, -0.05) is 50.2 Å². The Hall–Kier alpha value is -1.30. The Balaban J connectivity index is 1.65. The van der Waals surface area contributed by atoms with E-state index in [1.807, 2.05) is 0 Å². The third-order valence-electron chi connectivity index (χ3n) is 7.20. The van der Waals surface area contributed by atoms with Gasteiger partial charge in [-0.15, -0.1) is 0 Å². The van der Waals surface area contributed by atoms with E-state index in [1.165, 1.54) is 36.6 Å². The van der Waals surface area contributed by atoms with Crippen LogP contribution in [0.15, 0.2) is 36.4 Å². The second-order valence-corrected chi connectivity index (χ2v) is 8.90. The van der Waals surface area contributed by atoms with Gasteiger partial charge in [0.15, 0.2) is 0 Å². The Morgan fingerprint density at radius 2 is 1.35 bits per heavy atom. The van der Waals surface area contributed by atoms with E-state index in [1.54, 1.807) is 17.4 Å². The van der Waals surface area contributed by atoms with E-state index >= 15 is 0 Å². The van der Waals surface area contributed by atoms with Gasteiger partial charge in [0.25, 0.3) is 0 Å². The Morgan fingerprint density at radius 3 is 1.96 bits per heavy atom. The van der Waals surface area contributed by atoms with Crippen LogP contribution in [0.4, 0.5) is 0 Å². The van der Waals surface area contributed by atoms with E-state index in [-0.39, 0.29) is 0 Å². The van der Waals surface area contributed by atoms with Crippen LogP contribution in [0.5, 0.6) is 0 Å². The summed E-state index contributed by atoms with van der Waals surface area (Å²) in [5.74, 6) is 5.52. The van der Waals surface area contributed by atoms with Gasteiger partial charge >= 0.3 is 0 Å². The van der Waals surface area contributed by atoms with Crippen molar-refractivity contribution >= 4 is 10.8 Å². The van der Waals surface area contributed by atoms with Crippen LogP contribution < -0.4 is 0 Å². The first-order valence-electron chi connectivity index (χ1n) is 9.72. The first-order chi connectivity index (χ1) is 11.2. The molecular formula is C23H28. The summed E-state index contributed by atoms with van der Waals surface area (Å²) < 4.78 is 0. The molecule has 0 aromatic heterocycles. The lowest BCUT2D eigenvalue weighted by Gasteiger charge is -2.55. The fraction of sp³-hybridized carbons (Fsp3) is 0.565. The molecule has 0 amide bonds. The topological polar surface area (TPSA) is 0 Å². The second-order valence-electron chi connectivity index (χ2n) is 8.90. The zero-order valence-electron chi connectivity index (χ0n) is 14.5. The molecule has 2 aromatic carbocycles. The number of fused-ring (bicyclic) bond motifs is 1. The fourth-order valence-electron chi connectivity index (χ4n) is 6.57. The van der Waals surface area contributed by atoms with E-state index < -0.39 is 0 Å². The van der Waals surface area contributed by atoms with Crippen LogP contribution in [-0.4, -0.2) is 0 Å². The van der Waals surface area contributed by atoms with Crippen LogP contribution in [0.2, 0.25) is 0 Å². The maximum Gasteiger partial charge on any atom is -0.00987 e. The smallest absolute Gasteiger partial charge is 0.00987 e. The van der Waals surface area contributed by atoms with Crippen molar-refractivity contribution in [2.75, 3.05) is 0 Å². The highest BCUT2D eigenvalue weighted by Gasteiger charge is 2.48. The van der Waals surface area contributed by atoms with E-state index in [2.05, 4.69) is 50.2 Å².